The fourth-order valence-corrected chi connectivity index (χ4v) is 5.18. The van der Waals surface area contributed by atoms with Crippen LogP contribution in [-0.2, 0) is 4.79 Å². The van der Waals surface area contributed by atoms with E-state index in [1.54, 1.807) is 41.1 Å². The van der Waals surface area contributed by atoms with Gasteiger partial charge in [-0.25, -0.2) is 9.07 Å². The van der Waals surface area contributed by atoms with Crippen molar-refractivity contribution in [1.29, 1.82) is 0 Å². The first kappa shape index (κ1) is 23.6. The van der Waals surface area contributed by atoms with Gasteiger partial charge in [-0.2, -0.15) is 5.10 Å². The summed E-state index contributed by atoms with van der Waals surface area (Å²) in [6.07, 6.45) is 4.00. The molecule has 3 aromatic rings. The van der Waals surface area contributed by atoms with Gasteiger partial charge in [0.25, 0.3) is 5.91 Å². The highest BCUT2D eigenvalue weighted by molar-refractivity contribution is 5.98. The zero-order chi connectivity index (χ0) is 25.2. The number of nitrogens with two attached hydrogens (primary N) is 1. The Morgan fingerprint density at radius 2 is 1.69 bits per heavy atom. The number of nitrogens with zero attached hydrogens (tertiary/aromatic N) is 3. The minimum Gasteiger partial charge on any atom is -0.457 e. The van der Waals surface area contributed by atoms with Gasteiger partial charge in [0.05, 0.1) is 17.1 Å². The summed E-state index contributed by atoms with van der Waals surface area (Å²) in [7, 11) is 0. The molecule has 2 aliphatic heterocycles. The van der Waals surface area contributed by atoms with Gasteiger partial charge in [-0.3, -0.25) is 9.59 Å². The van der Waals surface area contributed by atoms with E-state index < -0.39 is 5.91 Å². The van der Waals surface area contributed by atoms with Crippen molar-refractivity contribution in [3.63, 3.8) is 0 Å². The third-order valence-corrected chi connectivity index (χ3v) is 6.98. The topological polar surface area (TPSA) is 102 Å². The van der Waals surface area contributed by atoms with Crippen molar-refractivity contribution in [3.05, 3.63) is 78.4 Å². The van der Waals surface area contributed by atoms with Crippen LogP contribution < -0.4 is 15.8 Å². The van der Waals surface area contributed by atoms with Crippen LogP contribution in [0, 0.1) is 11.7 Å². The lowest BCUT2D eigenvalue weighted by atomic mass is 9.78. The fourth-order valence-electron chi connectivity index (χ4n) is 5.18. The second-order valence-electron chi connectivity index (χ2n) is 9.12. The average molecular weight is 490 g/mol. The van der Waals surface area contributed by atoms with Gasteiger partial charge >= 0.3 is 0 Å². The molecule has 9 heteroatoms. The predicted molar refractivity (Wildman–Crippen MR) is 134 cm³/mol. The highest BCUT2D eigenvalue weighted by Crippen LogP contribution is 2.42. The number of ether oxygens (including phenoxy) is 1. The number of benzene rings is 2. The van der Waals surface area contributed by atoms with Crippen LogP contribution in [0.4, 0.5) is 10.1 Å². The van der Waals surface area contributed by atoms with Crippen molar-refractivity contribution in [2.75, 3.05) is 25.0 Å². The van der Waals surface area contributed by atoms with Gasteiger partial charge in [0.1, 0.15) is 17.3 Å². The van der Waals surface area contributed by atoms with Gasteiger partial charge in [-0.1, -0.05) is 6.58 Å². The number of amides is 2. The molecule has 1 atom stereocenters. The van der Waals surface area contributed by atoms with E-state index in [1.165, 1.54) is 18.2 Å². The van der Waals surface area contributed by atoms with E-state index in [4.69, 9.17) is 15.6 Å². The molecule has 3 heterocycles. The Labute approximate surface area is 208 Å². The van der Waals surface area contributed by atoms with E-state index in [0.717, 1.165) is 31.5 Å². The molecule has 0 radical (unpaired) electrons. The Bertz CT molecular complexity index is 1280. The van der Waals surface area contributed by atoms with Crippen LogP contribution in [0.1, 0.15) is 41.4 Å². The molecule has 1 aromatic heterocycles. The molecule has 1 unspecified atom stereocenters. The molecule has 0 spiro atoms. The van der Waals surface area contributed by atoms with Crippen LogP contribution >= 0.6 is 0 Å². The first-order valence-corrected chi connectivity index (χ1v) is 12.1. The Hall–Kier alpha value is -4.14. The van der Waals surface area contributed by atoms with Gasteiger partial charge in [-0.05, 0) is 79.8 Å². The number of likely N-dealkylation sites (tertiary alicyclic amines) is 1. The highest BCUT2D eigenvalue weighted by atomic mass is 19.1. The first-order chi connectivity index (χ1) is 17.4. The molecule has 36 heavy (non-hydrogen) atoms. The second-order valence-corrected chi connectivity index (χ2v) is 9.12. The molecule has 186 valence electrons. The van der Waals surface area contributed by atoms with Gasteiger partial charge in [-0.15, -0.1) is 0 Å². The maximum absolute atomic E-state index is 13.1. The number of nitrogens with one attached hydrogen (secondary N) is 1. The van der Waals surface area contributed by atoms with Gasteiger partial charge in [0.2, 0.25) is 5.91 Å². The number of fused-ring (bicyclic) bond motifs is 1. The molecule has 5 rings (SSSR count). The Balaban J connectivity index is 1.40. The van der Waals surface area contributed by atoms with Crippen molar-refractivity contribution in [2.24, 2.45) is 11.7 Å². The summed E-state index contributed by atoms with van der Waals surface area (Å²) >= 11 is 0. The smallest absolute Gasteiger partial charge is 0.269 e. The van der Waals surface area contributed by atoms with Crippen molar-refractivity contribution in [1.82, 2.24) is 14.7 Å². The molecule has 3 N–H and O–H groups in total. The summed E-state index contributed by atoms with van der Waals surface area (Å²) in [6.45, 7) is 5.68. The second kappa shape index (κ2) is 9.85. The first-order valence-electron chi connectivity index (χ1n) is 12.1. The van der Waals surface area contributed by atoms with Crippen LogP contribution in [-0.4, -0.2) is 46.1 Å². The predicted octanol–water partition coefficient (Wildman–Crippen LogP) is 4.23. The number of piperidine rings is 1. The Morgan fingerprint density at radius 1 is 1.06 bits per heavy atom. The fraction of sp³-hybridized carbons (Fsp3) is 0.296. The van der Waals surface area contributed by atoms with E-state index in [1.807, 2.05) is 4.90 Å². The molecular formula is C27H28FN5O3. The number of aromatic nitrogens is 2. The monoisotopic (exact) mass is 489 g/mol. The van der Waals surface area contributed by atoms with E-state index in [9.17, 15) is 14.0 Å². The molecule has 0 saturated carbocycles. The minimum atomic E-state index is -0.560. The summed E-state index contributed by atoms with van der Waals surface area (Å²) in [5.74, 6) is 0.686. The summed E-state index contributed by atoms with van der Waals surface area (Å²) in [5.41, 5.74) is 8.34. The van der Waals surface area contributed by atoms with E-state index in [2.05, 4.69) is 11.9 Å². The van der Waals surface area contributed by atoms with E-state index in [0.29, 0.717) is 47.6 Å². The molecule has 1 fully saturated rings. The van der Waals surface area contributed by atoms with Crippen LogP contribution in [0.25, 0.3) is 5.69 Å². The van der Waals surface area contributed by atoms with Crippen LogP contribution in [0.5, 0.6) is 11.5 Å². The minimum absolute atomic E-state index is 0.0356. The van der Waals surface area contributed by atoms with E-state index >= 15 is 0 Å². The normalized spacial score (nSPS) is 17.7. The molecule has 2 aliphatic rings. The number of primary amides is 1. The summed E-state index contributed by atoms with van der Waals surface area (Å²) in [6, 6.07) is 12.9. The largest absolute Gasteiger partial charge is 0.457 e. The van der Waals surface area contributed by atoms with Gasteiger partial charge in [0, 0.05) is 25.6 Å². The number of carbonyl (C=O) groups excluding carboxylic acids is 2. The standard InChI is InChI=1S/C27H28FN5O3/c1-2-23(34)32-15-12-17(13-16-32)22-11-14-30-25-24(22)31-33(26(25)27(29)35)19-5-9-21(10-6-19)36-20-7-3-18(28)4-8-20/h2-10,17,22,30H,1,11-16H2,(H2,29,35). The van der Waals surface area contributed by atoms with Crippen molar-refractivity contribution in [3.8, 4) is 17.2 Å². The highest BCUT2D eigenvalue weighted by Gasteiger charge is 2.36. The molecule has 1 saturated heterocycles. The third kappa shape index (κ3) is 4.56. The molecule has 0 bridgehead atoms. The van der Waals surface area contributed by atoms with Crippen molar-refractivity contribution >= 4 is 17.5 Å². The molecule has 0 aliphatic carbocycles. The lowest BCUT2D eigenvalue weighted by molar-refractivity contribution is -0.127. The average Bonchev–Trinajstić information content (AvgIpc) is 3.30. The molecule has 2 aromatic carbocycles. The lowest BCUT2D eigenvalue weighted by Crippen LogP contribution is -2.39. The summed E-state index contributed by atoms with van der Waals surface area (Å²) < 4.78 is 20.5. The van der Waals surface area contributed by atoms with Crippen LogP contribution in [0.2, 0.25) is 0 Å². The van der Waals surface area contributed by atoms with Crippen molar-refractivity contribution < 1.29 is 18.7 Å². The number of rotatable bonds is 6. The van der Waals surface area contributed by atoms with Crippen LogP contribution in [0.15, 0.2) is 61.2 Å². The van der Waals surface area contributed by atoms with Crippen molar-refractivity contribution in [2.45, 2.75) is 25.2 Å². The molecule has 8 nitrogen and oxygen atoms in total. The maximum Gasteiger partial charge on any atom is 0.269 e. The Kier molecular flexibility index (Phi) is 6.45. The quantitative estimate of drug-likeness (QED) is 0.505. The number of hydrogen-bond acceptors (Lipinski definition) is 5. The number of halogens is 1. The SMILES string of the molecule is C=CC(=O)N1CCC(C2CCNc3c2nn(-c2ccc(Oc4ccc(F)cc4)cc2)c3C(N)=O)CC1. The summed E-state index contributed by atoms with van der Waals surface area (Å²) in [4.78, 5) is 26.3. The van der Waals surface area contributed by atoms with Gasteiger partial charge in [0.15, 0.2) is 5.69 Å². The number of carbonyl (C=O) groups is 2. The third-order valence-electron chi connectivity index (χ3n) is 6.98. The van der Waals surface area contributed by atoms with E-state index in [-0.39, 0.29) is 17.6 Å². The number of anilines is 1. The van der Waals surface area contributed by atoms with Gasteiger partial charge < -0.3 is 20.7 Å². The molecule has 2 amide bonds. The molecular weight excluding hydrogens is 461 g/mol. The summed E-state index contributed by atoms with van der Waals surface area (Å²) in [5, 5.41) is 8.21. The Morgan fingerprint density at radius 3 is 2.31 bits per heavy atom. The van der Waals surface area contributed by atoms with Crippen LogP contribution in [0.3, 0.4) is 0 Å². The zero-order valence-corrected chi connectivity index (χ0v) is 19.8. The maximum atomic E-state index is 13.1. The zero-order valence-electron chi connectivity index (χ0n) is 19.8. The lowest BCUT2D eigenvalue weighted by Gasteiger charge is -2.37. The number of hydrogen-bond donors (Lipinski definition) is 2.